The Morgan fingerprint density at radius 3 is 3.00 bits per heavy atom. The number of nitrogens with zero attached hydrogens (tertiary/aromatic N) is 1. The smallest absolute Gasteiger partial charge is 0.181 e. The molecule has 1 aromatic carbocycles. The summed E-state index contributed by atoms with van der Waals surface area (Å²) in [4.78, 5) is 4.08. The van der Waals surface area contributed by atoms with E-state index >= 15 is 0 Å². The van der Waals surface area contributed by atoms with E-state index in [1.54, 1.807) is 0 Å². The van der Waals surface area contributed by atoms with E-state index in [0.29, 0.717) is 0 Å². The molecule has 0 spiro atoms. The lowest BCUT2D eigenvalue weighted by atomic mass is 10.00. The number of rotatable bonds is 4. The molecule has 0 unspecified atom stereocenters. The summed E-state index contributed by atoms with van der Waals surface area (Å²) in [5, 5.41) is 0. The fourth-order valence-electron chi connectivity index (χ4n) is 1.65. The highest BCUT2D eigenvalue weighted by atomic mass is 16.3. The molecule has 0 aliphatic heterocycles. The second-order valence-corrected chi connectivity index (χ2v) is 5.01. The quantitative estimate of drug-likeness (QED) is 0.876. The van der Waals surface area contributed by atoms with Crippen molar-refractivity contribution in [3.8, 4) is 0 Å². The van der Waals surface area contributed by atoms with Gasteiger partial charge in [0.2, 0.25) is 0 Å². The number of nitrogens with two attached hydrogens (primary N) is 1. The molecule has 0 bridgehead atoms. The van der Waals surface area contributed by atoms with E-state index in [-0.39, 0.29) is 5.54 Å². The van der Waals surface area contributed by atoms with Crippen LogP contribution in [0.5, 0.6) is 0 Å². The van der Waals surface area contributed by atoms with Crippen LogP contribution in [0.3, 0.4) is 0 Å². The summed E-state index contributed by atoms with van der Waals surface area (Å²) in [5.41, 5.74) is 8.67. The van der Waals surface area contributed by atoms with Gasteiger partial charge in [-0.3, -0.25) is 0 Å². The summed E-state index contributed by atoms with van der Waals surface area (Å²) in [6, 6.07) is 5.99. The van der Waals surface area contributed by atoms with Crippen molar-refractivity contribution in [1.82, 2.24) is 4.98 Å². The van der Waals surface area contributed by atoms with Crippen LogP contribution in [0.4, 0.5) is 0 Å². The predicted molar refractivity (Wildman–Crippen MR) is 70.5 cm³/mol. The molecule has 3 nitrogen and oxygen atoms in total. The molecule has 0 amide bonds. The van der Waals surface area contributed by atoms with Crippen molar-refractivity contribution in [2.24, 2.45) is 5.73 Å². The lowest BCUT2D eigenvalue weighted by Crippen LogP contribution is -2.31. The zero-order valence-electron chi connectivity index (χ0n) is 10.3. The highest BCUT2D eigenvalue weighted by Crippen LogP contribution is 2.16. The van der Waals surface area contributed by atoms with Crippen molar-refractivity contribution in [3.63, 3.8) is 0 Å². The summed E-state index contributed by atoms with van der Waals surface area (Å²) in [7, 11) is 0. The maximum absolute atomic E-state index is 5.92. The zero-order chi connectivity index (χ0) is 12.3. The van der Waals surface area contributed by atoms with Crippen LogP contribution in [0.1, 0.15) is 32.3 Å². The molecule has 0 radical (unpaired) electrons. The van der Waals surface area contributed by atoms with E-state index in [1.807, 2.05) is 32.0 Å². The van der Waals surface area contributed by atoms with Gasteiger partial charge in [-0.15, -0.1) is 0 Å². The number of hydrogen-bond acceptors (Lipinski definition) is 3. The van der Waals surface area contributed by atoms with E-state index in [2.05, 4.69) is 17.1 Å². The van der Waals surface area contributed by atoms with Crippen LogP contribution in [0.25, 0.3) is 17.2 Å². The number of allylic oxidation sites excluding steroid dienone is 1. The van der Waals surface area contributed by atoms with E-state index in [1.165, 1.54) is 6.39 Å². The van der Waals surface area contributed by atoms with Crippen molar-refractivity contribution in [3.05, 3.63) is 36.2 Å². The predicted octanol–water partition coefficient (Wildman–Crippen LogP) is 3.36. The van der Waals surface area contributed by atoms with E-state index < -0.39 is 0 Å². The van der Waals surface area contributed by atoms with E-state index in [9.17, 15) is 0 Å². The Kier molecular flexibility index (Phi) is 3.29. The first-order chi connectivity index (χ1) is 8.04. The average molecular weight is 230 g/mol. The Morgan fingerprint density at radius 1 is 1.41 bits per heavy atom. The number of oxazole rings is 1. The summed E-state index contributed by atoms with van der Waals surface area (Å²) < 4.78 is 5.25. The van der Waals surface area contributed by atoms with Gasteiger partial charge in [0.15, 0.2) is 12.0 Å². The molecule has 3 heteroatoms. The third-order valence-electron chi connectivity index (χ3n) is 2.62. The molecular weight excluding hydrogens is 212 g/mol. The lowest BCUT2D eigenvalue weighted by molar-refractivity contribution is 0.482. The topological polar surface area (TPSA) is 52.0 Å². The van der Waals surface area contributed by atoms with Crippen LogP contribution in [0.15, 0.2) is 35.1 Å². The van der Waals surface area contributed by atoms with Crippen LogP contribution in [-0.4, -0.2) is 10.5 Å². The van der Waals surface area contributed by atoms with E-state index in [4.69, 9.17) is 10.2 Å². The first-order valence-electron chi connectivity index (χ1n) is 5.83. The molecule has 2 rings (SSSR count). The number of fused-ring (bicyclic) bond motifs is 1. The van der Waals surface area contributed by atoms with Crippen molar-refractivity contribution < 1.29 is 4.42 Å². The first-order valence-corrected chi connectivity index (χ1v) is 5.83. The summed E-state index contributed by atoms with van der Waals surface area (Å²) >= 11 is 0. The van der Waals surface area contributed by atoms with Crippen LogP contribution in [-0.2, 0) is 0 Å². The van der Waals surface area contributed by atoms with Crippen LogP contribution >= 0.6 is 0 Å². The van der Waals surface area contributed by atoms with Crippen LogP contribution < -0.4 is 5.73 Å². The summed E-state index contributed by atoms with van der Waals surface area (Å²) in [6.07, 6.45) is 7.67. The maximum Gasteiger partial charge on any atom is 0.181 e. The monoisotopic (exact) mass is 230 g/mol. The Labute approximate surface area is 101 Å². The van der Waals surface area contributed by atoms with Gasteiger partial charge in [-0.2, -0.15) is 0 Å². The van der Waals surface area contributed by atoms with Gasteiger partial charge < -0.3 is 10.2 Å². The number of benzene rings is 1. The molecule has 1 heterocycles. The minimum Gasteiger partial charge on any atom is -0.443 e. The van der Waals surface area contributed by atoms with E-state index in [0.717, 1.165) is 29.5 Å². The number of hydrogen-bond donors (Lipinski definition) is 1. The van der Waals surface area contributed by atoms with Gasteiger partial charge in [0.05, 0.1) is 0 Å². The first kappa shape index (κ1) is 11.9. The molecule has 17 heavy (non-hydrogen) atoms. The molecule has 0 saturated heterocycles. The van der Waals surface area contributed by atoms with Crippen molar-refractivity contribution >= 4 is 17.2 Å². The molecular formula is C14H18N2O. The maximum atomic E-state index is 5.92. The molecule has 2 N–H and O–H groups in total. The van der Waals surface area contributed by atoms with Crippen molar-refractivity contribution in [2.45, 2.75) is 32.2 Å². The fraction of sp³-hybridized carbons (Fsp3) is 0.357. The van der Waals surface area contributed by atoms with Gasteiger partial charge in [-0.1, -0.05) is 18.2 Å². The van der Waals surface area contributed by atoms with Gasteiger partial charge in [0.1, 0.15) is 5.52 Å². The minimum atomic E-state index is -0.0980. The second-order valence-electron chi connectivity index (χ2n) is 5.01. The van der Waals surface area contributed by atoms with Crippen LogP contribution in [0.2, 0.25) is 0 Å². The SMILES string of the molecule is CC(C)(N)CC/C=C/c1ccc2ncoc2c1. The minimum absolute atomic E-state index is 0.0980. The Balaban J connectivity index is 2.00. The molecule has 90 valence electrons. The third kappa shape index (κ3) is 3.43. The van der Waals surface area contributed by atoms with Crippen LogP contribution in [0, 0.1) is 0 Å². The molecule has 1 aromatic heterocycles. The average Bonchev–Trinajstić information content (AvgIpc) is 2.70. The van der Waals surface area contributed by atoms with Crippen molar-refractivity contribution in [1.29, 1.82) is 0 Å². The second kappa shape index (κ2) is 4.72. The fourth-order valence-corrected chi connectivity index (χ4v) is 1.65. The normalized spacial score (nSPS) is 12.6. The Morgan fingerprint density at radius 2 is 2.24 bits per heavy atom. The highest BCUT2D eigenvalue weighted by molar-refractivity contribution is 5.75. The van der Waals surface area contributed by atoms with Crippen molar-refractivity contribution in [2.75, 3.05) is 0 Å². The van der Waals surface area contributed by atoms with Gasteiger partial charge in [0, 0.05) is 5.54 Å². The van der Waals surface area contributed by atoms with Gasteiger partial charge in [-0.25, -0.2) is 4.98 Å². The number of aromatic nitrogens is 1. The molecule has 2 aromatic rings. The van der Waals surface area contributed by atoms with Gasteiger partial charge in [0.25, 0.3) is 0 Å². The molecule has 0 aliphatic rings. The van der Waals surface area contributed by atoms with Gasteiger partial charge >= 0.3 is 0 Å². The Bertz CT molecular complexity index is 520. The molecule has 0 fully saturated rings. The molecule has 0 atom stereocenters. The largest absolute Gasteiger partial charge is 0.443 e. The molecule has 0 saturated carbocycles. The lowest BCUT2D eigenvalue weighted by Gasteiger charge is -2.16. The zero-order valence-corrected chi connectivity index (χ0v) is 10.3. The summed E-state index contributed by atoms with van der Waals surface area (Å²) in [6.45, 7) is 4.09. The summed E-state index contributed by atoms with van der Waals surface area (Å²) in [5.74, 6) is 0. The Hall–Kier alpha value is -1.61. The third-order valence-corrected chi connectivity index (χ3v) is 2.62. The highest BCUT2D eigenvalue weighted by Gasteiger charge is 2.07. The van der Waals surface area contributed by atoms with Gasteiger partial charge in [-0.05, 0) is 44.4 Å². The molecule has 0 aliphatic carbocycles. The standard InChI is InChI=1S/C14H18N2O/c1-14(2,15)8-4-3-5-11-6-7-12-13(9-11)17-10-16-12/h3,5-7,9-10H,4,8,15H2,1-2H3/b5-3+.